The molecule has 0 unspecified atom stereocenters. The Kier molecular flexibility index (Phi) is 6.71. The molecule has 156 valence electrons. The highest BCUT2D eigenvalue weighted by Crippen LogP contribution is 2.19. The van der Waals surface area contributed by atoms with Gasteiger partial charge in [-0.3, -0.25) is 14.6 Å². The smallest absolute Gasteiger partial charge is 0.282 e. The average molecular weight is 426 g/mol. The van der Waals surface area contributed by atoms with Crippen LogP contribution in [0.4, 0.5) is 0 Å². The number of para-hydroxylation sites is 2. The third-order valence-electron chi connectivity index (χ3n) is 4.77. The van der Waals surface area contributed by atoms with Crippen molar-refractivity contribution in [1.82, 2.24) is 25.0 Å². The molecule has 4 rings (SSSR count). The summed E-state index contributed by atoms with van der Waals surface area (Å²) in [6, 6.07) is 15.8. The van der Waals surface area contributed by atoms with Gasteiger partial charge in [-0.05, 0) is 36.2 Å². The van der Waals surface area contributed by atoms with E-state index in [-0.39, 0.29) is 23.9 Å². The molecule has 0 bridgehead atoms. The van der Waals surface area contributed by atoms with E-state index in [0.717, 1.165) is 41.7 Å². The molecule has 0 atom stereocenters. The monoisotopic (exact) mass is 425 g/mol. The summed E-state index contributed by atoms with van der Waals surface area (Å²) in [6.45, 7) is 2.23. The summed E-state index contributed by atoms with van der Waals surface area (Å²) in [4.78, 5) is 19.9. The first-order chi connectivity index (χ1) is 14.1. The van der Waals surface area contributed by atoms with E-state index in [2.05, 4.69) is 20.6 Å². The summed E-state index contributed by atoms with van der Waals surface area (Å²) >= 11 is 0. The molecule has 6 N–H and O–H groups in total. The van der Waals surface area contributed by atoms with Crippen molar-refractivity contribution in [2.24, 2.45) is 5.73 Å². The molecular weight excluding hydrogens is 402 g/mol. The van der Waals surface area contributed by atoms with Crippen LogP contribution in [0.5, 0.6) is 0 Å². The molecule has 0 fully saturated rings. The summed E-state index contributed by atoms with van der Waals surface area (Å²) in [5.41, 5.74) is 9.47. The maximum absolute atomic E-state index is 12.5. The van der Waals surface area contributed by atoms with Crippen LogP contribution < -0.4 is 21.9 Å². The number of H-pyrrole nitrogens is 1. The fourth-order valence-corrected chi connectivity index (χ4v) is 3.31. The van der Waals surface area contributed by atoms with E-state index in [4.69, 9.17) is 11.1 Å². The van der Waals surface area contributed by atoms with Crippen LogP contribution in [-0.4, -0.2) is 33.4 Å². The average Bonchev–Trinajstić information content (AvgIpc) is 3.07. The van der Waals surface area contributed by atoms with Gasteiger partial charge in [-0.25, -0.2) is 0 Å². The van der Waals surface area contributed by atoms with Gasteiger partial charge in [0.05, 0.1) is 16.6 Å². The van der Waals surface area contributed by atoms with Crippen LogP contribution in [0.1, 0.15) is 12.0 Å². The topological polar surface area (TPSA) is 124 Å². The van der Waals surface area contributed by atoms with Crippen molar-refractivity contribution in [3.05, 3.63) is 70.6 Å². The largest absolute Gasteiger partial charge is 0.370 e. The minimum Gasteiger partial charge on any atom is -0.370 e. The van der Waals surface area contributed by atoms with E-state index < -0.39 is 0 Å². The van der Waals surface area contributed by atoms with Crippen LogP contribution >= 0.6 is 12.4 Å². The van der Waals surface area contributed by atoms with E-state index in [1.54, 1.807) is 0 Å². The van der Waals surface area contributed by atoms with Gasteiger partial charge < -0.3 is 21.4 Å². The second-order valence-electron chi connectivity index (χ2n) is 6.86. The number of fused-ring (bicyclic) bond motifs is 3. The second kappa shape index (κ2) is 9.43. The second-order valence-corrected chi connectivity index (χ2v) is 6.86. The third kappa shape index (κ3) is 4.61. The van der Waals surface area contributed by atoms with Gasteiger partial charge in [0.15, 0.2) is 5.96 Å². The highest BCUT2D eigenvalue weighted by atomic mass is 35.5. The molecule has 0 radical (unpaired) electrons. The Morgan fingerprint density at radius 2 is 1.90 bits per heavy atom. The zero-order chi connectivity index (χ0) is 20.2. The Hall–Kier alpha value is -3.36. The Morgan fingerprint density at radius 3 is 2.67 bits per heavy atom. The molecule has 2 aromatic heterocycles. The van der Waals surface area contributed by atoms with Gasteiger partial charge in [-0.1, -0.05) is 36.4 Å². The highest BCUT2D eigenvalue weighted by Gasteiger charge is 2.10. The number of halogens is 1. The lowest BCUT2D eigenvalue weighted by molar-refractivity contribution is 0.639. The number of hydrogen-bond donors (Lipinski definition) is 5. The van der Waals surface area contributed by atoms with E-state index in [9.17, 15) is 4.79 Å². The standard InChI is InChI=1S/C21H23N7O.ClH/c22-20(23)25-11-3-10-24-12-14-6-8-15(9-7-14)16-13-28-18-5-2-1-4-17(18)26-21(28)27-19(16)29;/h1-2,4-9,13,24H,3,10-12H2,(H4,22,23,25)(H,26,27,29);1H. The predicted molar refractivity (Wildman–Crippen MR) is 122 cm³/mol. The SMILES string of the molecule is Cl.N=C(N)NCCCNCc1ccc(-c2cn3c(nc2=O)[nH]c2ccccc23)cc1. The zero-order valence-corrected chi connectivity index (χ0v) is 17.1. The minimum atomic E-state index is -0.250. The molecule has 0 aliphatic rings. The number of guanidine groups is 1. The number of imidazole rings is 1. The van der Waals surface area contributed by atoms with Gasteiger partial charge in [0.1, 0.15) is 0 Å². The van der Waals surface area contributed by atoms with Crippen LogP contribution in [0.25, 0.3) is 27.9 Å². The van der Waals surface area contributed by atoms with Gasteiger partial charge >= 0.3 is 0 Å². The Morgan fingerprint density at radius 1 is 1.13 bits per heavy atom. The molecule has 9 heteroatoms. The third-order valence-corrected chi connectivity index (χ3v) is 4.77. The van der Waals surface area contributed by atoms with Crippen molar-refractivity contribution in [1.29, 1.82) is 5.41 Å². The lowest BCUT2D eigenvalue weighted by atomic mass is 10.1. The Balaban J connectivity index is 0.00000256. The normalized spacial score (nSPS) is 10.8. The Labute approximate surface area is 179 Å². The van der Waals surface area contributed by atoms with Gasteiger partial charge in [0.2, 0.25) is 5.78 Å². The van der Waals surface area contributed by atoms with Crippen LogP contribution in [0.15, 0.2) is 59.5 Å². The first-order valence-electron chi connectivity index (χ1n) is 9.50. The van der Waals surface area contributed by atoms with E-state index in [1.807, 2.05) is 59.1 Å². The molecule has 2 heterocycles. The first kappa shape index (κ1) is 21.4. The van der Waals surface area contributed by atoms with Gasteiger partial charge in [-0.15, -0.1) is 12.4 Å². The lowest BCUT2D eigenvalue weighted by Gasteiger charge is -2.07. The summed E-state index contributed by atoms with van der Waals surface area (Å²) in [6.07, 6.45) is 2.73. The quantitative estimate of drug-likeness (QED) is 0.176. The molecule has 0 saturated heterocycles. The predicted octanol–water partition coefficient (Wildman–Crippen LogP) is 2.23. The molecule has 2 aromatic carbocycles. The van der Waals surface area contributed by atoms with Gasteiger partial charge in [0.25, 0.3) is 5.56 Å². The molecule has 0 amide bonds. The number of benzene rings is 2. The number of nitrogens with one attached hydrogen (secondary N) is 4. The maximum atomic E-state index is 12.5. The first-order valence-corrected chi connectivity index (χ1v) is 9.50. The van der Waals surface area contributed by atoms with Crippen molar-refractivity contribution in [2.45, 2.75) is 13.0 Å². The number of rotatable bonds is 7. The summed E-state index contributed by atoms with van der Waals surface area (Å²) in [5.74, 6) is 0.539. The summed E-state index contributed by atoms with van der Waals surface area (Å²) in [7, 11) is 0. The molecule has 0 spiro atoms. The fourth-order valence-electron chi connectivity index (χ4n) is 3.31. The number of aromatic nitrogens is 3. The van der Waals surface area contributed by atoms with E-state index in [0.29, 0.717) is 17.9 Å². The molecule has 30 heavy (non-hydrogen) atoms. The minimum absolute atomic E-state index is 0. The van der Waals surface area contributed by atoms with Crippen molar-refractivity contribution in [3.63, 3.8) is 0 Å². The molecular formula is C21H24ClN7O. The highest BCUT2D eigenvalue weighted by molar-refractivity contribution is 5.85. The molecule has 0 saturated carbocycles. The Bertz CT molecular complexity index is 1210. The van der Waals surface area contributed by atoms with Crippen LogP contribution in [0.3, 0.4) is 0 Å². The van der Waals surface area contributed by atoms with Crippen molar-refractivity contribution in [3.8, 4) is 11.1 Å². The fraction of sp³-hybridized carbons (Fsp3) is 0.190. The van der Waals surface area contributed by atoms with Gasteiger partial charge in [0, 0.05) is 19.3 Å². The maximum Gasteiger partial charge on any atom is 0.282 e. The van der Waals surface area contributed by atoms with Crippen molar-refractivity contribution in [2.75, 3.05) is 13.1 Å². The zero-order valence-electron chi connectivity index (χ0n) is 16.3. The molecule has 0 aliphatic carbocycles. The molecule has 4 aromatic rings. The van der Waals surface area contributed by atoms with E-state index in [1.165, 1.54) is 0 Å². The van der Waals surface area contributed by atoms with E-state index >= 15 is 0 Å². The van der Waals surface area contributed by atoms with Crippen LogP contribution in [0, 0.1) is 5.41 Å². The van der Waals surface area contributed by atoms with Crippen LogP contribution in [0.2, 0.25) is 0 Å². The summed E-state index contributed by atoms with van der Waals surface area (Å²) < 4.78 is 1.91. The molecule has 8 nitrogen and oxygen atoms in total. The number of nitrogens with zero attached hydrogens (tertiary/aromatic N) is 2. The number of aromatic amines is 1. The number of nitrogens with two attached hydrogens (primary N) is 1. The van der Waals surface area contributed by atoms with Gasteiger partial charge in [-0.2, -0.15) is 4.98 Å². The number of hydrogen-bond acceptors (Lipinski definition) is 4. The lowest BCUT2D eigenvalue weighted by Crippen LogP contribution is -2.32. The van der Waals surface area contributed by atoms with Crippen LogP contribution in [-0.2, 0) is 6.54 Å². The summed E-state index contributed by atoms with van der Waals surface area (Å²) in [5, 5.41) is 13.2. The van der Waals surface area contributed by atoms with Crippen molar-refractivity contribution < 1.29 is 0 Å². The van der Waals surface area contributed by atoms with Crippen molar-refractivity contribution >= 4 is 35.2 Å². The molecule has 0 aliphatic heterocycles.